The van der Waals surface area contributed by atoms with Gasteiger partial charge < -0.3 is 20.0 Å². The molecule has 0 bridgehead atoms. The largest absolute Gasteiger partial charge is 0.368 e. The lowest BCUT2D eigenvalue weighted by Crippen LogP contribution is -2.60. The molecule has 2 saturated heterocycles. The van der Waals surface area contributed by atoms with Gasteiger partial charge in [0.05, 0.1) is 6.42 Å². The van der Waals surface area contributed by atoms with Gasteiger partial charge in [-0.05, 0) is 25.0 Å². The standard InChI is InChI=1S/C22H32N4O3/c1-3-17(4-2)22(29)26-11-10-23-21(28)19(26)16-20(27)25-14-12-24(13-15-25)18-8-6-5-7-9-18/h5-9,17,19H,3-4,10-16H2,1-2H3,(H,23,28)/t19-/m0/s1. The third kappa shape index (κ3) is 4.89. The SMILES string of the molecule is CCC(CC)C(=O)N1CCNC(=O)[C@@H]1CC(=O)N1CCN(c2ccccc2)CC1. The van der Waals surface area contributed by atoms with Crippen LogP contribution in [0.5, 0.6) is 0 Å². The first-order valence-corrected chi connectivity index (χ1v) is 10.7. The highest BCUT2D eigenvalue weighted by Crippen LogP contribution is 2.20. The molecule has 3 amide bonds. The van der Waals surface area contributed by atoms with Crippen LogP contribution in [0, 0.1) is 5.92 Å². The summed E-state index contributed by atoms with van der Waals surface area (Å²) in [6, 6.07) is 9.47. The van der Waals surface area contributed by atoms with Gasteiger partial charge in [-0.1, -0.05) is 32.0 Å². The van der Waals surface area contributed by atoms with Crippen LogP contribution in [0.4, 0.5) is 5.69 Å². The van der Waals surface area contributed by atoms with Crippen molar-refractivity contribution in [2.24, 2.45) is 5.92 Å². The Labute approximate surface area is 173 Å². The Kier molecular flexibility index (Phi) is 7.12. The Morgan fingerprint density at radius 2 is 1.69 bits per heavy atom. The van der Waals surface area contributed by atoms with Crippen LogP contribution in [-0.2, 0) is 14.4 Å². The Hall–Kier alpha value is -2.57. The summed E-state index contributed by atoms with van der Waals surface area (Å²) in [5.41, 5.74) is 1.16. The molecule has 7 nitrogen and oxygen atoms in total. The van der Waals surface area contributed by atoms with Crippen LogP contribution in [0.25, 0.3) is 0 Å². The molecule has 3 rings (SSSR count). The Morgan fingerprint density at radius 3 is 2.31 bits per heavy atom. The number of para-hydroxylation sites is 1. The first-order chi connectivity index (χ1) is 14.0. The van der Waals surface area contributed by atoms with Gasteiger partial charge in [-0.2, -0.15) is 0 Å². The van der Waals surface area contributed by atoms with Crippen LogP contribution in [0.15, 0.2) is 30.3 Å². The van der Waals surface area contributed by atoms with E-state index in [0.717, 1.165) is 31.6 Å². The summed E-state index contributed by atoms with van der Waals surface area (Å²) in [6.07, 6.45) is 1.55. The van der Waals surface area contributed by atoms with Crippen LogP contribution in [0.3, 0.4) is 0 Å². The second kappa shape index (κ2) is 9.76. The number of nitrogens with zero attached hydrogens (tertiary/aromatic N) is 3. The molecule has 7 heteroatoms. The first kappa shape index (κ1) is 21.1. The molecule has 1 atom stereocenters. The van der Waals surface area contributed by atoms with Crippen LogP contribution in [0.1, 0.15) is 33.1 Å². The summed E-state index contributed by atoms with van der Waals surface area (Å²) in [5, 5.41) is 2.82. The smallest absolute Gasteiger partial charge is 0.243 e. The summed E-state index contributed by atoms with van der Waals surface area (Å²) in [4.78, 5) is 44.0. The fourth-order valence-electron chi connectivity index (χ4n) is 4.20. The van der Waals surface area contributed by atoms with E-state index in [9.17, 15) is 14.4 Å². The predicted molar refractivity (Wildman–Crippen MR) is 112 cm³/mol. The van der Waals surface area contributed by atoms with E-state index in [-0.39, 0.29) is 30.1 Å². The monoisotopic (exact) mass is 400 g/mol. The van der Waals surface area contributed by atoms with Gasteiger partial charge in [-0.3, -0.25) is 14.4 Å². The molecule has 1 aromatic rings. The summed E-state index contributed by atoms with van der Waals surface area (Å²) < 4.78 is 0. The molecule has 2 aliphatic rings. The van der Waals surface area contributed by atoms with Gasteiger partial charge in [0, 0.05) is 50.9 Å². The molecule has 1 N–H and O–H groups in total. The summed E-state index contributed by atoms with van der Waals surface area (Å²) in [6.45, 7) is 7.69. The van der Waals surface area contributed by atoms with Crippen molar-refractivity contribution in [2.75, 3.05) is 44.2 Å². The fourth-order valence-corrected chi connectivity index (χ4v) is 4.20. The van der Waals surface area contributed by atoms with Crippen molar-refractivity contribution in [3.05, 3.63) is 30.3 Å². The molecule has 0 spiro atoms. The summed E-state index contributed by atoms with van der Waals surface area (Å²) in [7, 11) is 0. The van der Waals surface area contributed by atoms with Gasteiger partial charge >= 0.3 is 0 Å². The fraction of sp³-hybridized carbons (Fsp3) is 0.591. The highest BCUT2D eigenvalue weighted by atomic mass is 16.2. The molecule has 158 valence electrons. The lowest BCUT2D eigenvalue weighted by molar-refractivity contribution is -0.149. The maximum absolute atomic E-state index is 12.9. The van der Waals surface area contributed by atoms with Gasteiger partial charge in [0.15, 0.2) is 0 Å². The van der Waals surface area contributed by atoms with E-state index in [0.29, 0.717) is 26.2 Å². The topological polar surface area (TPSA) is 73.0 Å². The lowest BCUT2D eigenvalue weighted by Gasteiger charge is -2.39. The predicted octanol–water partition coefficient (Wildman–Crippen LogP) is 1.49. The molecular weight excluding hydrogens is 368 g/mol. The number of anilines is 1. The second-order valence-electron chi connectivity index (χ2n) is 7.76. The van der Waals surface area contributed by atoms with Crippen molar-refractivity contribution in [1.29, 1.82) is 0 Å². The molecular formula is C22H32N4O3. The maximum atomic E-state index is 12.9. The number of carbonyl (C=O) groups excluding carboxylic acids is 3. The molecule has 29 heavy (non-hydrogen) atoms. The quantitative estimate of drug-likeness (QED) is 0.785. The highest BCUT2D eigenvalue weighted by molar-refractivity contribution is 5.93. The normalized spacial score (nSPS) is 20.0. The molecule has 0 aromatic heterocycles. The van der Waals surface area contributed by atoms with E-state index in [4.69, 9.17) is 0 Å². The molecule has 0 unspecified atom stereocenters. The zero-order valence-corrected chi connectivity index (χ0v) is 17.5. The molecule has 0 saturated carbocycles. The maximum Gasteiger partial charge on any atom is 0.243 e. The molecule has 0 radical (unpaired) electrons. The molecule has 2 aliphatic heterocycles. The lowest BCUT2D eigenvalue weighted by atomic mass is 9.98. The van der Waals surface area contributed by atoms with E-state index in [1.807, 2.05) is 36.9 Å². The molecule has 2 fully saturated rings. The summed E-state index contributed by atoms with van der Waals surface area (Å²) >= 11 is 0. The van der Waals surface area contributed by atoms with Crippen molar-refractivity contribution in [2.45, 2.75) is 39.2 Å². The number of hydrogen-bond acceptors (Lipinski definition) is 4. The number of piperazine rings is 2. The summed E-state index contributed by atoms with van der Waals surface area (Å²) in [5.74, 6) is -0.363. The number of carbonyl (C=O) groups is 3. The zero-order valence-electron chi connectivity index (χ0n) is 17.5. The van der Waals surface area contributed by atoms with Gasteiger partial charge in [-0.15, -0.1) is 0 Å². The average molecular weight is 401 g/mol. The van der Waals surface area contributed by atoms with E-state index in [1.165, 1.54) is 0 Å². The van der Waals surface area contributed by atoms with Crippen molar-refractivity contribution >= 4 is 23.4 Å². The third-order valence-corrected chi connectivity index (χ3v) is 6.07. The van der Waals surface area contributed by atoms with E-state index in [2.05, 4.69) is 22.3 Å². The number of amides is 3. The van der Waals surface area contributed by atoms with E-state index in [1.54, 1.807) is 4.90 Å². The van der Waals surface area contributed by atoms with Gasteiger partial charge in [-0.25, -0.2) is 0 Å². The Bertz CT molecular complexity index is 712. The average Bonchev–Trinajstić information content (AvgIpc) is 2.76. The van der Waals surface area contributed by atoms with Gasteiger partial charge in [0.2, 0.25) is 17.7 Å². The number of nitrogens with one attached hydrogen (secondary N) is 1. The Morgan fingerprint density at radius 1 is 1.03 bits per heavy atom. The van der Waals surface area contributed by atoms with E-state index < -0.39 is 6.04 Å². The third-order valence-electron chi connectivity index (χ3n) is 6.07. The number of benzene rings is 1. The van der Waals surface area contributed by atoms with Crippen LogP contribution in [0.2, 0.25) is 0 Å². The van der Waals surface area contributed by atoms with Crippen molar-refractivity contribution in [3.8, 4) is 0 Å². The van der Waals surface area contributed by atoms with Crippen molar-refractivity contribution in [1.82, 2.24) is 15.1 Å². The van der Waals surface area contributed by atoms with Gasteiger partial charge in [0.1, 0.15) is 6.04 Å². The minimum atomic E-state index is -0.698. The van der Waals surface area contributed by atoms with Crippen molar-refractivity contribution < 1.29 is 14.4 Å². The Balaban J connectivity index is 1.60. The first-order valence-electron chi connectivity index (χ1n) is 10.7. The highest BCUT2D eigenvalue weighted by Gasteiger charge is 2.37. The van der Waals surface area contributed by atoms with Crippen LogP contribution < -0.4 is 10.2 Å². The minimum Gasteiger partial charge on any atom is -0.368 e. The minimum absolute atomic E-state index is 0.00320. The number of rotatable bonds is 6. The molecule has 2 heterocycles. The van der Waals surface area contributed by atoms with E-state index >= 15 is 0 Å². The number of hydrogen-bond donors (Lipinski definition) is 1. The zero-order chi connectivity index (χ0) is 20.8. The van der Waals surface area contributed by atoms with Crippen molar-refractivity contribution in [3.63, 3.8) is 0 Å². The van der Waals surface area contributed by atoms with Gasteiger partial charge in [0.25, 0.3) is 0 Å². The molecule has 1 aromatic carbocycles. The van der Waals surface area contributed by atoms with Crippen LogP contribution >= 0.6 is 0 Å². The van der Waals surface area contributed by atoms with Crippen LogP contribution in [-0.4, -0.2) is 72.8 Å². The second-order valence-corrected chi connectivity index (χ2v) is 7.76. The molecule has 0 aliphatic carbocycles.